The first-order valence-electron chi connectivity index (χ1n) is 4.87. The Kier molecular flexibility index (Phi) is 5.38. The second-order valence-electron chi connectivity index (χ2n) is 3.19. The first kappa shape index (κ1) is 13.4. The molecule has 2 N–H and O–H groups in total. The van der Waals surface area contributed by atoms with Crippen LogP contribution in [0.15, 0.2) is 18.2 Å². The highest BCUT2D eigenvalue weighted by molar-refractivity contribution is 7.12. The first-order chi connectivity index (χ1) is 8.11. The molecule has 0 fully saturated rings. The summed E-state index contributed by atoms with van der Waals surface area (Å²) in [5, 5.41) is 11.1. The van der Waals surface area contributed by atoms with Crippen molar-refractivity contribution in [3.63, 3.8) is 0 Å². The lowest BCUT2D eigenvalue weighted by Gasteiger charge is -2.01. The topological polar surface area (TPSA) is 75.6 Å². The van der Waals surface area contributed by atoms with Crippen LogP contribution in [0.5, 0.6) is 0 Å². The first-order valence-corrected chi connectivity index (χ1v) is 5.69. The van der Waals surface area contributed by atoms with E-state index in [1.807, 2.05) is 12.1 Å². The van der Waals surface area contributed by atoms with E-state index in [4.69, 9.17) is 5.11 Å². The van der Waals surface area contributed by atoms with Gasteiger partial charge < -0.3 is 15.2 Å². The number of carboxylic acids is 1. The van der Waals surface area contributed by atoms with Gasteiger partial charge in [0, 0.05) is 22.9 Å². The van der Waals surface area contributed by atoms with Crippen molar-refractivity contribution < 1.29 is 19.4 Å². The van der Waals surface area contributed by atoms with Crippen LogP contribution < -0.4 is 5.32 Å². The molecule has 92 valence electrons. The number of aliphatic carboxylic acids is 1. The van der Waals surface area contributed by atoms with Gasteiger partial charge in [0.1, 0.15) is 6.61 Å². The van der Waals surface area contributed by atoms with E-state index in [2.05, 4.69) is 10.1 Å². The molecule has 0 saturated carbocycles. The van der Waals surface area contributed by atoms with E-state index >= 15 is 0 Å². The minimum atomic E-state index is -0.978. The van der Waals surface area contributed by atoms with E-state index in [-0.39, 0.29) is 12.5 Å². The van der Waals surface area contributed by atoms with E-state index in [1.165, 1.54) is 24.5 Å². The van der Waals surface area contributed by atoms with Gasteiger partial charge in [-0.15, -0.1) is 11.3 Å². The van der Waals surface area contributed by atoms with Crippen molar-refractivity contribution in [2.75, 3.05) is 13.7 Å². The molecule has 1 aromatic rings. The van der Waals surface area contributed by atoms with E-state index in [9.17, 15) is 9.59 Å². The number of carbonyl (C=O) groups excluding carboxylic acids is 1. The molecule has 0 saturated heterocycles. The van der Waals surface area contributed by atoms with E-state index in [0.29, 0.717) is 6.54 Å². The maximum Gasteiger partial charge on any atom is 0.328 e. The maximum atomic E-state index is 11.1. The number of carboxylic acid groups (broad SMARTS) is 1. The van der Waals surface area contributed by atoms with E-state index in [1.54, 1.807) is 0 Å². The molecule has 1 rings (SSSR count). The summed E-state index contributed by atoms with van der Waals surface area (Å²) in [5.74, 6) is -1.16. The van der Waals surface area contributed by atoms with Crippen LogP contribution in [-0.2, 0) is 20.9 Å². The quantitative estimate of drug-likeness (QED) is 0.747. The number of rotatable bonds is 6. The average molecular weight is 255 g/mol. The SMILES string of the molecule is COCC(=O)NCc1ccc(C=CC(=O)O)s1. The van der Waals surface area contributed by atoms with Crippen LogP contribution in [0.1, 0.15) is 9.75 Å². The summed E-state index contributed by atoms with van der Waals surface area (Å²) < 4.78 is 4.68. The van der Waals surface area contributed by atoms with Gasteiger partial charge in [-0.3, -0.25) is 4.79 Å². The number of carbonyl (C=O) groups is 2. The number of amides is 1. The second-order valence-corrected chi connectivity index (χ2v) is 4.39. The highest BCUT2D eigenvalue weighted by Gasteiger charge is 2.02. The Balaban J connectivity index is 2.46. The molecule has 0 aromatic carbocycles. The molecule has 0 atom stereocenters. The van der Waals surface area contributed by atoms with Gasteiger partial charge in [0.05, 0.1) is 6.54 Å². The summed E-state index contributed by atoms with van der Waals surface area (Å²) in [6.45, 7) is 0.463. The van der Waals surface area contributed by atoms with Gasteiger partial charge in [-0.25, -0.2) is 4.79 Å². The van der Waals surface area contributed by atoms with Crippen LogP contribution in [0.25, 0.3) is 6.08 Å². The van der Waals surface area contributed by atoms with Crippen LogP contribution in [-0.4, -0.2) is 30.7 Å². The fraction of sp³-hybridized carbons (Fsp3) is 0.273. The van der Waals surface area contributed by atoms with E-state index < -0.39 is 5.97 Å². The largest absolute Gasteiger partial charge is 0.478 e. The van der Waals surface area contributed by atoms with Gasteiger partial charge in [0.25, 0.3) is 0 Å². The number of ether oxygens (including phenoxy) is 1. The van der Waals surface area contributed by atoms with Gasteiger partial charge in [-0.05, 0) is 18.2 Å². The van der Waals surface area contributed by atoms with Crippen molar-refractivity contribution in [1.82, 2.24) is 5.32 Å². The van der Waals surface area contributed by atoms with Crippen molar-refractivity contribution >= 4 is 29.3 Å². The van der Waals surface area contributed by atoms with Crippen LogP contribution >= 0.6 is 11.3 Å². The molecule has 0 unspecified atom stereocenters. The molecule has 17 heavy (non-hydrogen) atoms. The summed E-state index contributed by atoms with van der Waals surface area (Å²) in [6.07, 6.45) is 2.60. The summed E-state index contributed by atoms with van der Waals surface area (Å²) >= 11 is 1.43. The summed E-state index contributed by atoms with van der Waals surface area (Å²) in [4.78, 5) is 23.2. The lowest BCUT2D eigenvalue weighted by molar-refractivity contribution is -0.131. The zero-order valence-corrected chi connectivity index (χ0v) is 10.1. The Bertz CT molecular complexity index is 425. The minimum absolute atomic E-state index is 0.0388. The number of hydrogen-bond acceptors (Lipinski definition) is 4. The third kappa shape index (κ3) is 5.28. The molecular weight excluding hydrogens is 242 g/mol. The monoisotopic (exact) mass is 255 g/mol. The molecule has 0 aliphatic carbocycles. The molecule has 1 heterocycles. The number of methoxy groups -OCH3 is 1. The number of nitrogens with one attached hydrogen (secondary N) is 1. The van der Waals surface area contributed by atoms with E-state index in [0.717, 1.165) is 15.8 Å². The molecule has 0 spiro atoms. The van der Waals surface area contributed by atoms with Crippen molar-refractivity contribution in [1.29, 1.82) is 0 Å². The standard InChI is InChI=1S/C11H13NO4S/c1-16-7-10(13)12-6-9-3-2-8(17-9)4-5-11(14)15/h2-5H,6-7H2,1H3,(H,12,13)(H,14,15). The lowest BCUT2D eigenvalue weighted by Crippen LogP contribution is -2.26. The van der Waals surface area contributed by atoms with Gasteiger partial charge in [0.15, 0.2) is 0 Å². The maximum absolute atomic E-state index is 11.1. The van der Waals surface area contributed by atoms with Gasteiger partial charge in [-0.1, -0.05) is 0 Å². The summed E-state index contributed by atoms with van der Waals surface area (Å²) in [7, 11) is 1.46. The molecule has 0 aliphatic rings. The zero-order valence-electron chi connectivity index (χ0n) is 9.30. The Hall–Kier alpha value is -1.66. The van der Waals surface area contributed by atoms with Crippen LogP contribution in [0.2, 0.25) is 0 Å². The third-order valence-electron chi connectivity index (χ3n) is 1.81. The predicted molar refractivity (Wildman–Crippen MR) is 64.7 cm³/mol. The number of thiophene rings is 1. The summed E-state index contributed by atoms with van der Waals surface area (Å²) in [5.41, 5.74) is 0. The van der Waals surface area contributed by atoms with Crippen molar-refractivity contribution in [2.45, 2.75) is 6.54 Å². The number of hydrogen-bond donors (Lipinski definition) is 2. The van der Waals surface area contributed by atoms with Crippen molar-refractivity contribution in [3.8, 4) is 0 Å². The fourth-order valence-corrected chi connectivity index (χ4v) is 1.96. The second kappa shape index (κ2) is 6.82. The summed E-state index contributed by atoms with van der Waals surface area (Å²) in [6, 6.07) is 3.65. The fourth-order valence-electron chi connectivity index (χ4n) is 1.10. The Labute approximate surface area is 103 Å². The minimum Gasteiger partial charge on any atom is -0.478 e. The average Bonchev–Trinajstić information content (AvgIpc) is 2.72. The molecular formula is C11H13NO4S. The van der Waals surface area contributed by atoms with Gasteiger partial charge in [0.2, 0.25) is 5.91 Å². The van der Waals surface area contributed by atoms with Gasteiger partial charge in [-0.2, -0.15) is 0 Å². The van der Waals surface area contributed by atoms with Crippen LogP contribution in [0, 0.1) is 0 Å². The van der Waals surface area contributed by atoms with Crippen LogP contribution in [0.3, 0.4) is 0 Å². The van der Waals surface area contributed by atoms with Crippen molar-refractivity contribution in [2.24, 2.45) is 0 Å². The molecule has 1 aromatic heterocycles. The molecule has 1 amide bonds. The predicted octanol–water partition coefficient (Wildman–Crippen LogP) is 1.11. The van der Waals surface area contributed by atoms with Crippen molar-refractivity contribution in [3.05, 3.63) is 28.0 Å². The Morgan fingerprint density at radius 1 is 1.53 bits per heavy atom. The highest BCUT2D eigenvalue weighted by Crippen LogP contribution is 2.17. The molecule has 0 radical (unpaired) electrons. The molecule has 0 bridgehead atoms. The Morgan fingerprint density at radius 3 is 2.94 bits per heavy atom. The highest BCUT2D eigenvalue weighted by atomic mass is 32.1. The smallest absolute Gasteiger partial charge is 0.328 e. The third-order valence-corrected chi connectivity index (χ3v) is 2.86. The zero-order chi connectivity index (χ0) is 12.7. The molecule has 6 heteroatoms. The Morgan fingerprint density at radius 2 is 2.29 bits per heavy atom. The van der Waals surface area contributed by atoms with Crippen LogP contribution in [0.4, 0.5) is 0 Å². The lowest BCUT2D eigenvalue weighted by atomic mass is 10.4. The molecule has 5 nitrogen and oxygen atoms in total. The normalized spacial score (nSPS) is 10.6. The molecule has 0 aliphatic heterocycles. The van der Waals surface area contributed by atoms with Gasteiger partial charge >= 0.3 is 5.97 Å².